The Morgan fingerprint density at radius 1 is 1.18 bits per heavy atom. The van der Waals surface area contributed by atoms with Gasteiger partial charge in [-0.1, -0.05) is 44.0 Å². The molecule has 34 heavy (non-hydrogen) atoms. The lowest BCUT2D eigenvalue weighted by molar-refractivity contribution is 0.277. The fraction of sp³-hybridized carbons (Fsp3) is 0.400. The molecule has 1 fully saturated rings. The van der Waals surface area contributed by atoms with E-state index in [1.165, 1.54) is 0 Å². The van der Waals surface area contributed by atoms with E-state index in [1.807, 2.05) is 33.8 Å². The molecule has 9 heteroatoms. The minimum Gasteiger partial charge on any atom is -0.338 e. The van der Waals surface area contributed by atoms with Crippen LogP contribution in [0.15, 0.2) is 53.7 Å². The van der Waals surface area contributed by atoms with Gasteiger partial charge >= 0.3 is 0 Å². The first kappa shape index (κ1) is 21.9. The first-order valence-electron chi connectivity index (χ1n) is 11.8. The number of rotatable bonds is 6. The fourth-order valence-corrected chi connectivity index (χ4v) is 5.10. The average Bonchev–Trinajstić information content (AvgIpc) is 3.49. The zero-order valence-electron chi connectivity index (χ0n) is 19.3. The average molecular weight is 457 g/mol. The van der Waals surface area contributed by atoms with E-state index in [1.54, 1.807) is 12.4 Å². The van der Waals surface area contributed by atoms with E-state index < -0.39 is 0 Å². The zero-order chi connectivity index (χ0) is 23.7. The number of aromatic nitrogens is 6. The first-order chi connectivity index (χ1) is 16.6. The number of nitrogens with zero attached hydrogens (tertiary/aromatic N) is 6. The Labute approximate surface area is 197 Å². The molecule has 1 saturated carbocycles. The van der Waals surface area contributed by atoms with Crippen molar-refractivity contribution in [3.05, 3.63) is 64.8 Å². The lowest BCUT2D eigenvalue weighted by Crippen LogP contribution is -2.23. The highest BCUT2D eigenvalue weighted by molar-refractivity contribution is 5.91. The Bertz CT molecular complexity index is 1360. The number of benzene rings is 1. The molecule has 3 atom stereocenters. The summed E-state index contributed by atoms with van der Waals surface area (Å²) in [7, 11) is 0. The third-order valence-electron chi connectivity index (χ3n) is 6.71. The van der Waals surface area contributed by atoms with Crippen molar-refractivity contribution in [2.45, 2.75) is 51.6 Å². The van der Waals surface area contributed by atoms with Gasteiger partial charge < -0.3 is 10.3 Å². The Morgan fingerprint density at radius 3 is 2.68 bits per heavy atom. The van der Waals surface area contributed by atoms with E-state index in [4.69, 9.17) is 5.10 Å². The van der Waals surface area contributed by atoms with Crippen molar-refractivity contribution < 1.29 is 0 Å². The number of hydrogen-bond acceptors (Lipinski definition) is 6. The van der Waals surface area contributed by atoms with Gasteiger partial charge in [0.25, 0.3) is 5.56 Å². The molecule has 3 heterocycles. The Balaban J connectivity index is 1.49. The van der Waals surface area contributed by atoms with Gasteiger partial charge in [-0.25, -0.2) is 4.68 Å². The molecule has 0 radical (unpaired) electrons. The summed E-state index contributed by atoms with van der Waals surface area (Å²) in [5.74, 6) is 0.735. The molecule has 0 amide bonds. The third-order valence-corrected chi connectivity index (χ3v) is 6.71. The minimum absolute atomic E-state index is 0.0320. The second-order valence-electron chi connectivity index (χ2n) is 9.27. The first-order valence-corrected chi connectivity index (χ1v) is 11.8. The maximum atomic E-state index is 12.8. The summed E-state index contributed by atoms with van der Waals surface area (Å²) in [5, 5.41) is 26.5. The molecule has 5 rings (SSSR count). The predicted molar refractivity (Wildman–Crippen MR) is 130 cm³/mol. The van der Waals surface area contributed by atoms with Crippen LogP contribution in [-0.2, 0) is 0 Å². The van der Waals surface area contributed by atoms with Gasteiger partial charge in [0.05, 0.1) is 35.8 Å². The lowest BCUT2D eigenvalue weighted by atomic mass is 9.85. The molecule has 174 valence electrons. The van der Waals surface area contributed by atoms with Crippen LogP contribution in [0, 0.1) is 23.2 Å². The molecule has 2 N–H and O–H groups in total. The second kappa shape index (κ2) is 9.14. The normalized spacial score (nSPS) is 19.2. The number of aromatic amines is 1. The van der Waals surface area contributed by atoms with Crippen LogP contribution < -0.4 is 10.9 Å². The summed E-state index contributed by atoms with van der Waals surface area (Å²) in [6, 6.07) is 12.5. The van der Waals surface area contributed by atoms with Gasteiger partial charge in [0.1, 0.15) is 5.39 Å². The van der Waals surface area contributed by atoms with E-state index in [9.17, 15) is 10.1 Å². The highest BCUT2D eigenvalue weighted by atomic mass is 16.1. The Morgan fingerprint density at radius 2 is 1.97 bits per heavy atom. The molecule has 0 bridgehead atoms. The number of H-pyrrole nitrogens is 1. The largest absolute Gasteiger partial charge is 0.338 e. The zero-order valence-corrected chi connectivity index (χ0v) is 19.3. The van der Waals surface area contributed by atoms with Crippen LogP contribution in [-0.4, -0.2) is 29.8 Å². The Hall–Kier alpha value is -3.93. The topological polar surface area (TPSA) is 117 Å². The molecular formula is C25H28N8O. The van der Waals surface area contributed by atoms with Gasteiger partial charge in [-0.2, -0.15) is 10.4 Å². The molecule has 1 aliphatic carbocycles. The molecule has 1 aromatic carbocycles. The fourth-order valence-electron chi connectivity index (χ4n) is 5.10. The lowest BCUT2D eigenvalue weighted by Gasteiger charge is -2.27. The van der Waals surface area contributed by atoms with Crippen molar-refractivity contribution in [1.29, 1.82) is 5.26 Å². The van der Waals surface area contributed by atoms with Crippen LogP contribution in [0.5, 0.6) is 0 Å². The molecule has 3 aromatic heterocycles. The molecule has 4 aromatic rings. The van der Waals surface area contributed by atoms with Crippen molar-refractivity contribution in [3.63, 3.8) is 0 Å². The molecule has 9 nitrogen and oxygen atoms in total. The van der Waals surface area contributed by atoms with Crippen molar-refractivity contribution in [2.75, 3.05) is 5.32 Å². The number of anilines is 2. The van der Waals surface area contributed by atoms with Crippen LogP contribution >= 0.6 is 0 Å². The van der Waals surface area contributed by atoms with Crippen LogP contribution in [0.2, 0.25) is 0 Å². The Kier molecular flexibility index (Phi) is 5.88. The van der Waals surface area contributed by atoms with E-state index in [0.29, 0.717) is 17.1 Å². The smallest absolute Gasteiger partial charge is 0.261 e. The SMILES string of the molecule is CC(C)C(c1ccc(Nc2nn(C3CCCCC3C#N)c3cc[nH]c(=O)c23)cc1)n1ccnn1. The molecule has 3 unspecified atom stereocenters. The number of hydrogen-bond donors (Lipinski definition) is 2. The van der Waals surface area contributed by atoms with Gasteiger partial charge in [-0.15, -0.1) is 5.10 Å². The summed E-state index contributed by atoms with van der Waals surface area (Å²) < 4.78 is 3.76. The van der Waals surface area contributed by atoms with Crippen molar-refractivity contribution in [1.82, 2.24) is 29.8 Å². The predicted octanol–water partition coefficient (Wildman–Crippen LogP) is 4.56. The number of nitriles is 1. The standard InChI is InChI=1S/C25H28N8O/c1-16(2)23(32-14-13-28-31-32)17-7-9-19(10-8-17)29-24-22-21(11-12-27-25(22)34)33(30-24)20-6-4-3-5-18(20)15-26/h7-14,16,18,20,23H,3-6H2,1-2H3,(H,27,34)(H,29,30). The molecule has 1 aliphatic rings. The van der Waals surface area contributed by atoms with Crippen molar-refractivity contribution >= 4 is 22.4 Å². The monoisotopic (exact) mass is 456 g/mol. The highest BCUT2D eigenvalue weighted by Crippen LogP contribution is 2.36. The van der Waals surface area contributed by atoms with Crippen LogP contribution in [0.1, 0.15) is 57.2 Å². The molecular weight excluding hydrogens is 428 g/mol. The van der Waals surface area contributed by atoms with E-state index in [0.717, 1.165) is 42.5 Å². The maximum absolute atomic E-state index is 12.8. The van der Waals surface area contributed by atoms with Gasteiger partial charge in [0.2, 0.25) is 0 Å². The summed E-state index contributed by atoms with van der Waals surface area (Å²) in [5.41, 5.74) is 2.51. The van der Waals surface area contributed by atoms with Gasteiger partial charge in [-0.05, 0) is 42.5 Å². The molecule has 0 saturated heterocycles. The maximum Gasteiger partial charge on any atom is 0.261 e. The summed E-state index contributed by atoms with van der Waals surface area (Å²) in [6.45, 7) is 4.31. The molecule has 0 aliphatic heterocycles. The summed E-state index contributed by atoms with van der Waals surface area (Å²) >= 11 is 0. The minimum atomic E-state index is -0.196. The van der Waals surface area contributed by atoms with Crippen molar-refractivity contribution in [2.24, 2.45) is 11.8 Å². The van der Waals surface area contributed by atoms with Gasteiger partial charge in [-0.3, -0.25) is 9.48 Å². The van der Waals surface area contributed by atoms with Crippen LogP contribution in [0.4, 0.5) is 11.5 Å². The number of fused-ring (bicyclic) bond motifs is 1. The van der Waals surface area contributed by atoms with Gasteiger partial charge in [0, 0.05) is 18.1 Å². The second-order valence-corrected chi connectivity index (χ2v) is 9.27. The third kappa shape index (κ3) is 3.96. The summed E-state index contributed by atoms with van der Waals surface area (Å²) in [4.78, 5) is 15.5. The van der Waals surface area contributed by atoms with E-state index in [-0.39, 0.29) is 23.6 Å². The van der Waals surface area contributed by atoms with Crippen LogP contribution in [0.25, 0.3) is 10.9 Å². The number of nitrogens with one attached hydrogen (secondary N) is 2. The quantitative estimate of drug-likeness (QED) is 0.439. The van der Waals surface area contributed by atoms with E-state index in [2.05, 4.69) is 52.7 Å². The van der Waals surface area contributed by atoms with Crippen molar-refractivity contribution in [3.8, 4) is 6.07 Å². The molecule has 0 spiro atoms. The van der Waals surface area contributed by atoms with Crippen LogP contribution in [0.3, 0.4) is 0 Å². The van der Waals surface area contributed by atoms with E-state index >= 15 is 0 Å². The van der Waals surface area contributed by atoms with Gasteiger partial charge in [0.15, 0.2) is 5.82 Å². The summed E-state index contributed by atoms with van der Waals surface area (Å²) in [6.07, 6.45) is 9.06. The number of pyridine rings is 1. The highest BCUT2D eigenvalue weighted by Gasteiger charge is 2.30.